The van der Waals surface area contributed by atoms with Crippen LogP contribution in [0.3, 0.4) is 0 Å². The highest BCUT2D eigenvalue weighted by Gasteiger charge is 2.23. The first-order chi connectivity index (χ1) is 10.7. The fraction of sp³-hybridized carbons (Fsp3) is 0.176. The Morgan fingerprint density at radius 3 is 2.64 bits per heavy atom. The maximum Gasteiger partial charge on any atom is 0.269 e. The number of para-hydroxylation sites is 1. The zero-order valence-corrected chi connectivity index (χ0v) is 12.8. The summed E-state index contributed by atoms with van der Waals surface area (Å²) < 4.78 is 5.15. The highest BCUT2D eigenvalue weighted by atomic mass is 35.5. The van der Waals surface area contributed by atoms with Gasteiger partial charge in [-0.3, -0.25) is 9.79 Å². The van der Waals surface area contributed by atoms with Crippen LogP contribution in [-0.2, 0) is 11.3 Å². The van der Waals surface area contributed by atoms with Crippen molar-refractivity contribution in [2.24, 2.45) is 4.99 Å². The molecule has 1 heterocycles. The summed E-state index contributed by atoms with van der Waals surface area (Å²) in [5.74, 6) is 0.611. The molecular weight excluding hydrogens is 300 g/mol. The Morgan fingerprint density at radius 2 is 1.91 bits per heavy atom. The van der Waals surface area contributed by atoms with Crippen LogP contribution in [0.1, 0.15) is 16.6 Å². The molecule has 1 unspecified atom stereocenters. The van der Waals surface area contributed by atoms with Crippen molar-refractivity contribution in [3.63, 3.8) is 0 Å². The number of nitrogens with zero attached hydrogens (tertiary/aromatic N) is 2. The standard InChI is InChI=1S/C17H15ClN2O2/c1-22-13-8-6-12(7-9-13)11-20-15-5-3-2-4-14(15)17(18)19-10-16(20)21/h2-10,17H,11H2,1H3. The van der Waals surface area contributed by atoms with Gasteiger partial charge in [0.15, 0.2) is 5.50 Å². The molecule has 0 aliphatic carbocycles. The Kier molecular flexibility index (Phi) is 4.11. The van der Waals surface area contributed by atoms with Crippen LogP contribution in [-0.4, -0.2) is 19.2 Å². The Bertz CT molecular complexity index is 713. The van der Waals surface area contributed by atoms with Gasteiger partial charge in [0.25, 0.3) is 5.91 Å². The number of alkyl halides is 1. The number of aliphatic imine (C=N–C) groups is 1. The smallest absolute Gasteiger partial charge is 0.269 e. The monoisotopic (exact) mass is 314 g/mol. The molecule has 0 N–H and O–H groups in total. The van der Waals surface area contributed by atoms with E-state index in [0.29, 0.717) is 6.54 Å². The predicted molar refractivity (Wildman–Crippen MR) is 87.7 cm³/mol. The summed E-state index contributed by atoms with van der Waals surface area (Å²) >= 11 is 6.23. The molecule has 0 saturated heterocycles. The van der Waals surface area contributed by atoms with Crippen LogP contribution in [0.5, 0.6) is 5.75 Å². The maximum absolute atomic E-state index is 12.3. The lowest BCUT2D eigenvalue weighted by atomic mass is 10.1. The number of hydrogen-bond donors (Lipinski definition) is 0. The largest absolute Gasteiger partial charge is 0.497 e. The lowest BCUT2D eigenvalue weighted by molar-refractivity contribution is -0.112. The molecule has 0 bridgehead atoms. The third kappa shape index (κ3) is 2.83. The fourth-order valence-electron chi connectivity index (χ4n) is 2.41. The van der Waals surface area contributed by atoms with E-state index >= 15 is 0 Å². The number of fused-ring (bicyclic) bond motifs is 1. The first-order valence-corrected chi connectivity index (χ1v) is 7.33. The molecule has 0 spiro atoms. The van der Waals surface area contributed by atoms with Gasteiger partial charge in [0.1, 0.15) is 5.75 Å². The van der Waals surface area contributed by atoms with Crippen LogP contribution in [0.2, 0.25) is 0 Å². The van der Waals surface area contributed by atoms with Crippen LogP contribution >= 0.6 is 11.6 Å². The third-order valence-electron chi connectivity index (χ3n) is 3.57. The molecule has 4 nitrogen and oxygen atoms in total. The van der Waals surface area contributed by atoms with Gasteiger partial charge in [-0.2, -0.15) is 0 Å². The Balaban J connectivity index is 1.95. The van der Waals surface area contributed by atoms with Gasteiger partial charge in [-0.15, -0.1) is 0 Å². The van der Waals surface area contributed by atoms with Gasteiger partial charge in [0.2, 0.25) is 0 Å². The van der Waals surface area contributed by atoms with Crippen LogP contribution < -0.4 is 9.64 Å². The van der Waals surface area contributed by atoms with E-state index in [-0.39, 0.29) is 5.91 Å². The zero-order chi connectivity index (χ0) is 15.5. The van der Waals surface area contributed by atoms with E-state index in [9.17, 15) is 4.79 Å². The molecule has 0 fully saturated rings. The second kappa shape index (κ2) is 6.20. The molecule has 22 heavy (non-hydrogen) atoms. The number of ether oxygens (including phenoxy) is 1. The van der Waals surface area contributed by atoms with Gasteiger partial charge >= 0.3 is 0 Å². The van der Waals surface area contributed by atoms with E-state index in [1.165, 1.54) is 6.21 Å². The van der Waals surface area contributed by atoms with Crippen molar-refractivity contribution >= 4 is 29.4 Å². The second-order valence-corrected chi connectivity index (χ2v) is 5.36. The number of anilines is 1. The first kappa shape index (κ1) is 14.6. The van der Waals surface area contributed by atoms with Crippen LogP contribution in [0.4, 0.5) is 5.69 Å². The van der Waals surface area contributed by atoms with E-state index in [2.05, 4.69) is 4.99 Å². The molecule has 1 aliphatic rings. The van der Waals surface area contributed by atoms with Gasteiger partial charge in [0, 0.05) is 5.56 Å². The summed E-state index contributed by atoms with van der Waals surface area (Å²) in [4.78, 5) is 18.1. The summed E-state index contributed by atoms with van der Waals surface area (Å²) in [7, 11) is 1.63. The summed E-state index contributed by atoms with van der Waals surface area (Å²) in [6.45, 7) is 0.454. The van der Waals surface area contributed by atoms with Gasteiger partial charge in [-0.25, -0.2) is 0 Å². The lowest BCUT2D eigenvalue weighted by Gasteiger charge is -2.22. The maximum atomic E-state index is 12.3. The van der Waals surface area contributed by atoms with Crippen molar-refractivity contribution < 1.29 is 9.53 Å². The van der Waals surface area contributed by atoms with Crippen LogP contribution in [0.25, 0.3) is 0 Å². The van der Waals surface area contributed by atoms with Crippen molar-refractivity contribution in [1.82, 2.24) is 0 Å². The Hall–Kier alpha value is -2.33. The number of hydrogen-bond acceptors (Lipinski definition) is 3. The Labute approximate surface area is 134 Å². The molecule has 1 aliphatic heterocycles. The molecule has 0 aromatic heterocycles. The predicted octanol–water partition coefficient (Wildman–Crippen LogP) is 3.55. The zero-order valence-electron chi connectivity index (χ0n) is 12.1. The molecule has 112 valence electrons. The minimum absolute atomic E-state index is 0.175. The SMILES string of the molecule is COc1ccc(CN2C(=O)C=NC(Cl)c3ccccc32)cc1. The van der Waals surface area contributed by atoms with E-state index in [4.69, 9.17) is 16.3 Å². The van der Waals surface area contributed by atoms with Crippen LogP contribution in [0, 0.1) is 0 Å². The average Bonchev–Trinajstić information content (AvgIpc) is 2.68. The van der Waals surface area contributed by atoms with E-state index < -0.39 is 5.50 Å². The molecule has 2 aromatic carbocycles. The topological polar surface area (TPSA) is 41.9 Å². The minimum atomic E-state index is -0.541. The molecule has 1 atom stereocenters. The quantitative estimate of drug-likeness (QED) is 0.642. The summed E-state index contributed by atoms with van der Waals surface area (Å²) in [6, 6.07) is 15.2. The Morgan fingerprint density at radius 1 is 1.18 bits per heavy atom. The van der Waals surface area contributed by atoms with Crippen molar-refractivity contribution in [2.75, 3.05) is 12.0 Å². The summed E-state index contributed by atoms with van der Waals surface area (Å²) in [6.07, 6.45) is 1.29. The number of halogens is 1. The van der Waals surface area contributed by atoms with Crippen molar-refractivity contribution in [3.8, 4) is 5.75 Å². The average molecular weight is 315 g/mol. The number of rotatable bonds is 3. The second-order valence-electron chi connectivity index (χ2n) is 4.95. The number of carbonyl (C=O) groups excluding carboxylic acids is 1. The van der Waals surface area contributed by atoms with Gasteiger partial charge < -0.3 is 9.64 Å². The number of carbonyl (C=O) groups is 1. The van der Waals surface area contributed by atoms with Crippen molar-refractivity contribution in [1.29, 1.82) is 0 Å². The highest BCUT2D eigenvalue weighted by molar-refractivity contribution is 6.34. The molecule has 3 rings (SSSR count). The van der Waals surface area contributed by atoms with E-state index in [0.717, 1.165) is 22.6 Å². The van der Waals surface area contributed by atoms with Crippen molar-refractivity contribution in [2.45, 2.75) is 12.0 Å². The number of benzene rings is 2. The number of methoxy groups -OCH3 is 1. The molecular formula is C17H15ClN2O2. The highest BCUT2D eigenvalue weighted by Crippen LogP contribution is 2.34. The number of amides is 1. The van der Waals surface area contributed by atoms with Gasteiger partial charge in [0.05, 0.1) is 25.6 Å². The van der Waals surface area contributed by atoms with Gasteiger partial charge in [-0.05, 0) is 23.8 Å². The lowest BCUT2D eigenvalue weighted by Crippen LogP contribution is -2.30. The van der Waals surface area contributed by atoms with Crippen LogP contribution in [0.15, 0.2) is 53.5 Å². The van der Waals surface area contributed by atoms with Gasteiger partial charge in [-0.1, -0.05) is 41.9 Å². The molecule has 5 heteroatoms. The minimum Gasteiger partial charge on any atom is -0.497 e. The summed E-state index contributed by atoms with van der Waals surface area (Å²) in [5, 5.41) is 0. The third-order valence-corrected chi connectivity index (χ3v) is 3.91. The molecule has 0 saturated carbocycles. The fourth-order valence-corrected chi connectivity index (χ4v) is 2.65. The summed E-state index contributed by atoms with van der Waals surface area (Å²) in [5.41, 5.74) is 2.09. The first-order valence-electron chi connectivity index (χ1n) is 6.89. The normalized spacial score (nSPS) is 17.1. The van der Waals surface area contributed by atoms with E-state index in [1.54, 1.807) is 12.0 Å². The van der Waals surface area contributed by atoms with Crippen molar-refractivity contribution in [3.05, 3.63) is 59.7 Å². The van der Waals surface area contributed by atoms with E-state index in [1.807, 2.05) is 48.5 Å². The molecule has 0 radical (unpaired) electrons. The molecule has 1 amide bonds. The molecule has 2 aromatic rings.